The van der Waals surface area contributed by atoms with Crippen LogP contribution in [0.4, 0.5) is 5.69 Å². The van der Waals surface area contributed by atoms with Gasteiger partial charge < -0.3 is 15.4 Å². The van der Waals surface area contributed by atoms with Gasteiger partial charge in [0.15, 0.2) is 0 Å². The summed E-state index contributed by atoms with van der Waals surface area (Å²) >= 11 is 0. The molecule has 1 aromatic carbocycles. The zero-order valence-electron chi connectivity index (χ0n) is 16.3. The molecule has 1 saturated heterocycles. The molecule has 0 spiro atoms. The number of nitrogens with one attached hydrogen (secondary N) is 2. The van der Waals surface area contributed by atoms with E-state index in [1.807, 2.05) is 33.8 Å². The first-order valence-corrected chi connectivity index (χ1v) is 9.33. The van der Waals surface area contributed by atoms with Gasteiger partial charge in [-0.15, -0.1) is 0 Å². The summed E-state index contributed by atoms with van der Waals surface area (Å²) in [6, 6.07) is 6.63. The molecule has 0 radical (unpaired) electrons. The van der Waals surface area contributed by atoms with E-state index in [4.69, 9.17) is 4.74 Å². The van der Waals surface area contributed by atoms with Crippen LogP contribution >= 0.6 is 0 Å². The van der Waals surface area contributed by atoms with Gasteiger partial charge in [-0.2, -0.15) is 0 Å². The van der Waals surface area contributed by atoms with Gasteiger partial charge in [-0.1, -0.05) is 26.8 Å². The maximum atomic E-state index is 12.3. The lowest BCUT2D eigenvalue weighted by molar-refractivity contribution is -0.123. The molecule has 2 rings (SSSR count). The van der Waals surface area contributed by atoms with Crippen molar-refractivity contribution in [2.75, 3.05) is 38.1 Å². The van der Waals surface area contributed by atoms with Gasteiger partial charge in [0.05, 0.1) is 12.3 Å². The molecule has 25 heavy (non-hydrogen) atoms. The van der Waals surface area contributed by atoms with Gasteiger partial charge in [0.2, 0.25) is 5.91 Å². The predicted molar refractivity (Wildman–Crippen MR) is 103 cm³/mol. The number of hydrogen-bond acceptors (Lipinski definition) is 4. The van der Waals surface area contributed by atoms with Gasteiger partial charge >= 0.3 is 0 Å². The van der Waals surface area contributed by atoms with Gasteiger partial charge in [-0.3, -0.25) is 9.69 Å². The Morgan fingerprint density at radius 2 is 2.00 bits per heavy atom. The molecule has 0 aliphatic carbocycles. The number of hydrogen-bond donors (Lipinski definition) is 2. The minimum Gasteiger partial charge on any atom is -0.492 e. The van der Waals surface area contributed by atoms with Crippen molar-refractivity contribution in [3.8, 4) is 5.75 Å². The van der Waals surface area contributed by atoms with Crippen molar-refractivity contribution >= 4 is 11.6 Å². The lowest BCUT2D eigenvalue weighted by Gasteiger charge is -2.33. The topological polar surface area (TPSA) is 53.6 Å². The normalized spacial score (nSPS) is 17.2. The van der Waals surface area contributed by atoms with Crippen molar-refractivity contribution < 1.29 is 9.53 Å². The lowest BCUT2D eigenvalue weighted by atomic mass is 9.95. The van der Waals surface area contributed by atoms with Crippen LogP contribution < -0.4 is 15.4 Å². The molecule has 5 nitrogen and oxygen atoms in total. The van der Waals surface area contributed by atoms with Crippen LogP contribution in [-0.2, 0) is 11.2 Å². The fourth-order valence-corrected chi connectivity index (χ4v) is 2.97. The maximum absolute atomic E-state index is 12.3. The van der Waals surface area contributed by atoms with Crippen molar-refractivity contribution in [2.45, 2.75) is 47.1 Å². The number of rotatable bonds is 6. The molecule has 5 heteroatoms. The van der Waals surface area contributed by atoms with E-state index in [-0.39, 0.29) is 5.91 Å². The molecule has 140 valence electrons. The molecule has 1 heterocycles. The van der Waals surface area contributed by atoms with Gasteiger partial charge in [-0.25, -0.2) is 0 Å². The molecule has 1 aromatic rings. The minimum absolute atomic E-state index is 0.00427. The Bertz CT molecular complexity index is 575. The Labute approximate surface area is 152 Å². The van der Waals surface area contributed by atoms with Crippen molar-refractivity contribution in [1.82, 2.24) is 10.2 Å². The zero-order chi connectivity index (χ0) is 18.4. The number of anilines is 1. The molecule has 0 bridgehead atoms. The van der Waals surface area contributed by atoms with Crippen LogP contribution in [0.5, 0.6) is 5.75 Å². The highest BCUT2D eigenvalue weighted by Crippen LogP contribution is 2.29. The van der Waals surface area contributed by atoms with Crippen molar-refractivity contribution in [3.05, 3.63) is 23.8 Å². The van der Waals surface area contributed by atoms with Crippen LogP contribution in [0.3, 0.4) is 0 Å². The molecule has 1 aliphatic rings. The highest BCUT2D eigenvalue weighted by atomic mass is 16.5. The second-order valence-corrected chi connectivity index (χ2v) is 7.81. The number of amides is 1. The fraction of sp³-hybridized carbons (Fsp3) is 0.650. The minimum atomic E-state index is -0.432. The first-order valence-electron chi connectivity index (χ1n) is 9.33. The average molecular weight is 348 g/mol. The molecule has 1 aliphatic heterocycles. The molecule has 1 atom stereocenters. The van der Waals surface area contributed by atoms with Gasteiger partial charge in [0.25, 0.3) is 0 Å². The van der Waals surface area contributed by atoms with Gasteiger partial charge in [-0.05, 0) is 38.0 Å². The van der Waals surface area contributed by atoms with E-state index in [9.17, 15) is 4.79 Å². The second kappa shape index (κ2) is 8.68. The van der Waals surface area contributed by atoms with Crippen LogP contribution in [-0.4, -0.2) is 49.6 Å². The SMILES string of the molecule is CCOc1cc(CC(C)N2CCNCC2)ccc1NC(=O)C(C)(C)C. The Hall–Kier alpha value is -1.59. The van der Waals surface area contributed by atoms with Gasteiger partial charge in [0.1, 0.15) is 5.75 Å². The Balaban J connectivity index is 2.10. The number of nitrogens with zero attached hydrogens (tertiary/aromatic N) is 1. The quantitative estimate of drug-likeness (QED) is 0.831. The maximum Gasteiger partial charge on any atom is 0.229 e. The summed E-state index contributed by atoms with van der Waals surface area (Å²) in [7, 11) is 0. The predicted octanol–water partition coefficient (Wildman–Crippen LogP) is 2.91. The number of carbonyl (C=O) groups is 1. The lowest BCUT2D eigenvalue weighted by Crippen LogP contribution is -2.48. The number of carbonyl (C=O) groups excluding carboxylic acids is 1. The number of benzene rings is 1. The van der Waals surface area contributed by atoms with E-state index in [0.717, 1.165) is 44.0 Å². The molecular weight excluding hydrogens is 314 g/mol. The second-order valence-electron chi connectivity index (χ2n) is 7.81. The standard InChI is InChI=1S/C20H33N3O2/c1-6-25-18-14-16(13-15(2)23-11-9-21-10-12-23)7-8-17(18)22-19(24)20(3,4)5/h7-8,14-15,21H,6,9-13H2,1-5H3,(H,22,24). The smallest absolute Gasteiger partial charge is 0.229 e. The molecule has 2 N–H and O–H groups in total. The first-order chi connectivity index (χ1) is 11.8. The van der Waals surface area contributed by atoms with E-state index < -0.39 is 5.41 Å². The number of piperazine rings is 1. The summed E-state index contributed by atoms with van der Waals surface area (Å²) in [5.41, 5.74) is 1.56. The summed E-state index contributed by atoms with van der Waals surface area (Å²) in [6.45, 7) is 14.9. The van der Waals surface area contributed by atoms with E-state index >= 15 is 0 Å². The average Bonchev–Trinajstić information content (AvgIpc) is 2.57. The highest BCUT2D eigenvalue weighted by Gasteiger charge is 2.23. The molecular formula is C20H33N3O2. The third-order valence-electron chi connectivity index (χ3n) is 4.58. The largest absolute Gasteiger partial charge is 0.492 e. The Morgan fingerprint density at radius 1 is 1.32 bits per heavy atom. The number of ether oxygens (including phenoxy) is 1. The van der Waals surface area contributed by atoms with Crippen molar-refractivity contribution in [1.29, 1.82) is 0 Å². The summed E-state index contributed by atoms with van der Waals surface area (Å²) in [5.74, 6) is 0.750. The van der Waals surface area contributed by atoms with Crippen LogP contribution in [0.25, 0.3) is 0 Å². The third-order valence-corrected chi connectivity index (χ3v) is 4.58. The van der Waals surface area contributed by atoms with Crippen LogP contribution in [0.15, 0.2) is 18.2 Å². The van der Waals surface area contributed by atoms with E-state index in [0.29, 0.717) is 12.6 Å². The first kappa shape index (κ1) is 19.7. The van der Waals surface area contributed by atoms with Gasteiger partial charge in [0, 0.05) is 37.6 Å². The van der Waals surface area contributed by atoms with Crippen LogP contribution in [0.1, 0.15) is 40.2 Å². The third kappa shape index (κ3) is 5.72. The summed E-state index contributed by atoms with van der Waals surface area (Å²) in [4.78, 5) is 14.8. The Kier molecular flexibility index (Phi) is 6.85. The fourth-order valence-electron chi connectivity index (χ4n) is 2.97. The Morgan fingerprint density at radius 3 is 2.60 bits per heavy atom. The van der Waals surface area contributed by atoms with Crippen LogP contribution in [0.2, 0.25) is 0 Å². The molecule has 1 unspecified atom stereocenters. The monoisotopic (exact) mass is 347 g/mol. The van der Waals surface area contributed by atoms with Crippen molar-refractivity contribution in [3.63, 3.8) is 0 Å². The van der Waals surface area contributed by atoms with E-state index in [1.165, 1.54) is 5.56 Å². The summed E-state index contributed by atoms with van der Waals surface area (Å²) < 4.78 is 5.78. The molecule has 0 aromatic heterocycles. The molecule has 1 fully saturated rings. The molecule has 1 amide bonds. The van der Waals surface area contributed by atoms with E-state index in [1.54, 1.807) is 0 Å². The van der Waals surface area contributed by atoms with E-state index in [2.05, 4.69) is 34.6 Å². The van der Waals surface area contributed by atoms with Crippen molar-refractivity contribution in [2.24, 2.45) is 5.41 Å². The zero-order valence-corrected chi connectivity index (χ0v) is 16.3. The summed E-state index contributed by atoms with van der Waals surface area (Å²) in [5, 5.41) is 6.39. The van der Waals surface area contributed by atoms with Crippen LogP contribution in [0, 0.1) is 5.41 Å². The highest BCUT2D eigenvalue weighted by molar-refractivity contribution is 5.95. The molecule has 0 saturated carbocycles. The summed E-state index contributed by atoms with van der Waals surface area (Å²) in [6.07, 6.45) is 0.980.